The molecule has 1 fully saturated rings. The van der Waals surface area contributed by atoms with Gasteiger partial charge in [0.2, 0.25) is 0 Å². The first-order chi connectivity index (χ1) is 7.93. The lowest BCUT2D eigenvalue weighted by molar-refractivity contribution is 0.756. The molecule has 0 radical (unpaired) electrons. The van der Waals surface area contributed by atoms with E-state index in [1.165, 1.54) is 41.5 Å². The predicted molar refractivity (Wildman–Crippen MR) is 73.2 cm³/mol. The Hall–Kier alpha value is -0.950. The molecular weight excluding hydrogens is 212 g/mol. The maximum Gasteiger partial charge on any atom is 0.155 e. The quantitative estimate of drug-likeness (QED) is 0.648. The summed E-state index contributed by atoms with van der Waals surface area (Å²) in [5, 5.41) is 2.77. The first kappa shape index (κ1) is 10.2. The fourth-order valence-electron chi connectivity index (χ4n) is 2.41. The number of hydrogen-bond donors (Lipinski definition) is 0. The fourth-order valence-corrected chi connectivity index (χ4v) is 4.75. The van der Waals surface area contributed by atoms with Crippen molar-refractivity contribution in [1.82, 2.24) is 0 Å². The lowest BCUT2D eigenvalue weighted by Crippen LogP contribution is -2.17. The van der Waals surface area contributed by atoms with E-state index in [2.05, 4.69) is 42.5 Å². The highest BCUT2D eigenvalue weighted by Crippen LogP contribution is 2.25. The van der Waals surface area contributed by atoms with E-state index in [0.717, 1.165) is 0 Å². The molecular formula is C15H17S+. The molecule has 0 N–H and O–H groups in total. The minimum absolute atomic E-state index is 0.536. The second-order valence-electron chi connectivity index (χ2n) is 4.47. The van der Waals surface area contributed by atoms with E-state index in [0.29, 0.717) is 10.9 Å². The summed E-state index contributed by atoms with van der Waals surface area (Å²) in [4.78, 5) is 1.58. The van der Waals surface area contributed by atoms with Crippen LogP contribution in [0.4, 0.5) is 0 Å². The molecule has 2 aromatic carbocycles. The molecule has 1 aliphatic heterocycles. The summed E-state index contributed by atoms with van der Waals surface area (Å²) in [6, 6.07) is 15.7. The summed E-state index contributed by atoms with van der Waals surface area (Å²) >= 11 is 0. The smallest absolute Gasteiger partial charge is 0.0616 e. The molecule has 0 atom stereocenters. The number of fused-ring (bicyclic) bond motifs is 1. The second-order valence-corrected chi connectivity index (χ2v) is 6.74. The van der Waals surface area contributed by atoms with Gasteiger partial charge in [0.1, 0.15) is 11.5 Å². The van der Waals surface area contributed by atoms with E-state index in [1.54, 1.807) is 4.90 Å². The lowest BCUT2D eigenvalue weighted by Gasteiger charge is -2.13. The van der Waals surface area contributed by atoms with Gasteiger partial charge in [-0.25, -0.2) is 0 Å². The van der Waals surface area contributed by atoms with Crippen LogP contribution in [0.15, 0.2) is 47.4 Å². The van der Waals surface area contributed by atoms with Gasteiger partial charge in [0.25, 0.3) is 0 Å². The van der Waals surface area contributed by atoms with Crippen molar-refractivity contribution in [3.05, 3.63) is 42.5 Å². The molecule has 2 aromatic rings. The van der Waals surface area contributed by atoms with Crippen LogP contribution in [0.3, 0.4) is 0 Å². The zero-order valence-corrected chi connectivity index (χ0v) is 10.3. The minimum Gasteiger partial charge on any atom is -0.0616 e. The summed E-state index contributed by atoms with van der Waals surface area (Å²) < 4.78 is 0. The van der Waals surface area contributed by atoms with Crippen LogP contribution >= 0.6 is 0 Å². The van der Waals surface area contributed by atoms with E-state index in [1.807, 2.05) is 0 Å². The summed E-state index contributed by atoms with van der Waals surface area (Å²) in [6.45, 7) is 0. The maximum absolute atomic E-state index is 2.41. The van der Waals surface area contributed by atoms with E-state index in [-0.39, 0.29) is 0 Å². The van der Waals surface area contributed by atoms with Gasteiger partial charge in [0.05, 0.1) is 0 Å². The van der Waals surface area contributed by atoms with Gasteiger partial charge >= 0.3 is 0 Å². The van der Waals surface area contributed by atoms with Crippen LogP contribution in [-0.4, -0.2) is 11.5 Å². The standard InChI is InChI=1S/C15H17S/c1-4-10-16(11-5-1)15-9-8-13-6-2-3-7-14(13)12-15/h2-3,6-9,12H,1,4-5,10-11H2/q+1. The van der Waals surface area contributed by atoms with Crippen molar-refractivity contribution < 1.29 is 0 Å². The molecule has 1 saturated heterocycles. The highest BCUT2D eigenvalue weighted by atomic mass is 32.2. The molecule has 3 rings (SSSR count). The molecule has 0 aromatic heterocycles. The molecule has 1 aliphatic rings. The lowest BCUT2D eigenvalue weighted by atomic mass is 10.1. The van der Waals surface area contributed by atoms with Crippen molar-refractivity contribution in [3.8, 4) is 0 Å². The number of rotatable bonds is 1. The molecule has 1 heterocycles. The molecule has 1 heteroatoms. The fraction of sp³-hybridized carbons (Fsp3) is 0.333. The van der Waals surface area contributed by atoms with Gasteiger partial charge in [-0.3, -0.25) is 0 Å². The van der Waals surface area contributed by atoms with Gasteiger partial charge in [0.15, 0.2) is 4.90 Å². The minimum atomic E-state index is 0.536. The van der Waals surface area contributed by atoms with Crippen LogP contribution in [0.25, 0.3) is 10.8 Å². The molecule has 82 valence electrons. The first-order valence-corrected chi connectivity index (χ1v) is 7.66. The van der Waals surface area contributed by atoms with Crippen LogP contribution in [0, 0.1) is 0 Å². The van der Waals surface area contributed by atoms with E-state index in [4.69, 9.17) is 0 Å². The highest BCUT2D eigenvalue weighted by molar-refractivity contribution is 7.96. The van der Waals surface area contributed by atoms with Crippen LogP contribution in [0.2, 0.25) is 0 Å². The van der Waals surface area contributed by atoms with E-state index >= 15 is 0 Å². The van der Waals surface area contributed by atoms with Gasteiger partial charge in [0, 0.05) is 17.0 Å². The van der Waals surface area contributed by atoms with Gasteiger partial charge in [-0.05, 0) is 42.2 Å². The summed E-state index contributed by atoms with van der Waals surface area (Å²) in [5.74, 6) is 2.83. The van der Waals surface area contributed by atoms with Crippen molar-refractivity contribution in [2.75, 3.05) is 11.5 Å². The van der Waals surface area contributed by atoms with Gasteiger partial charge in [-0.1, -0.05) is 24.3 Å². The van der Waals surface area contributed by atoms with Gasteiger partial charge < -0.3 is 0 Å². The highest BCUT2D eigenvalue weighted by Gasteiger charge is 2.24. The second kappa shape index (κ2) is 4.50. The monoisotopic (exact) mass is 229 g/mol. The molecule has 0 aliphatic carbocycles. The molecule has 0 bridgehead atoms. The topological polar surface area (TPSA) is 0 Å². The summed E-state index contributed by atoms with van der Waals surface area (Å²) in [5.41, 5.74) is 0. The first-order valence-electron chi connectivity index (χ1n) is 6.10. The third kappa shape index (κ3) is 1.97. The normalized spacial score (nSPS) is 17.8. The van der Waals surface area contributed by atoms with Crippen LogP contribution in [-0.2, 0) is 10.9 Å². The largest absolute Gasteiger partial charge is 0.155 e. The Morgan fingerprint density at radius 2 is 1.50 bits per heavy atom. The zero-order chi connectivity index (χ0) is 10.8. The van der Waals surface area contributed by atoms with Crippen LogP contribution in [0.5, 0.6) is 0 Å². The molecule has 0 unspecified atom stereocenters. The number of benzene rings is 2. The summed E-state index contributed by atoms with van der Waals surface area (Å²) in [7, 11) is 0.536. The third-order valence-electron chi connectivity index (χ3n) is 3.34. The van der Waals surface area contributed by atoms with Crippen LogP contribution in [0.1, 0.15) is 19.3 Å². The Morgan fingerprint density at radius 1 is 0.750 bits per heavy atom. The Labute approximate surface area is 100 Å². The average molecular weight is 229 g/mol. The Bertz CT molecular complexity index is 484. The SMILES string of the molecule is c1ccc2cc([S+]3CCCCC3)ccc2c1. The average Bonchev–Trinajstić information content (AvgIpc) is 2.39. The van der Waals surface area contributed by atoms with E-state index < -0.39 is 0 Å². The zero-order valence-electron chi connectivity index (χ0n) is 9.49. The van der Waals surface area contributed by atoms with Crippen molar-refractivity contribution >= 4 is 21.7 Å². The van der Waals surface area contributed by atoms with Crippen molar-refractivity contribution in [2.45, 2.75) is 24.2 Å². The Balaban J connectivity index is 1.97. The Morgan fingerprint density at radius 3 is 2.31 bits per heavy atom. The Kier molecular flexibility index (Phi) is 2.88. The molecule has 0 amide bonds. The van der Waals surface area contributed by atoms with E-state index in [9.17, 15) is 0 Å². The molecule has 0 saturated carbocycles. The van der Waals surface area contributed by atoms with Crippen molar-refractivity contribution in [2.24, 2.45) is 0 Å². The predicted octanol–water partition coefficient (Wildman–Crippen LogP) is 4.00. The molecule has 16 heavy (non-hydrogen) atoms. The maximum atomic E-state index is 2.41. The summed E-state index contributed by atoms with van der Waals surface area (Å²) in [6.07, 6.45) is 4.29. The van der Waals surface area contributed by atoms with Crippen molar-refractivity contribution in [3.63, 3.8) is 0 Å². The van der Waals surface area contributed by atoms with Crippen LogP contribution < -0.4 is 0 Å². The van der Waals surface area contributed by atoms with Gasteiger partial charge in [-0.15, -0.1) is 0 Å². The third-order valence-corrected chi connectivity index (χ3v) is 5.82. The molecule has 0 nitrogen and oxygen atoms in total. The molecule has 0 spiro atoms. The van der Waals surface area contributed by atoms with Gasteiger partial charge in [-0.2, -0.15) is 0 Å². The number of hydrogen-bond acceptors (Lipinski definition) is 0. The van der Waals surface area contributed by atoms with Crippen molar-refractivity contribution in [1.29, 1.82) is 0 Å².